The molecule has 0 radical (unpaired) electrons. The molecular formula is C12H13N3O2. The van der Waals surface area contributed by atoms with Gasteiger partial charge in [0.05, 0.1) is 12.5 Å². The summed E-state index contributed by atoms with van der Waals surface area (Å²) in [6, 6.07) is 3.76. The highest BCUT2D eigenvalue weighted by molar-refractivity contribution is 5.78. The second-order valence-electron chi connectivity index (χ2n) is 4.19. The topological polar surface area (TPSA) is 67.9 Å². The molecule has 0 bridgehead atoms. The monoisotopic (exact) mass is 231 g/mol. The summed E-state index contributed by atoms with van der Waals surface area (Å²) >= 11 is 0. The quantitative estimate of drug-likeness (QED) is 0.815. The van der Waals surface area contributed by atoms with E-state index in [1.165, 1.54) is 0 Å². The second-order valence-corrected chi connectivity index (χ2v) is 4.19. The summed E-state index contributed by atoms with van der Waals surface area (Å²) in [7, 11) is 0. The Morgan fingerprint density at radius 1 is 1.65 bits per heavy atom. The number of aromatic nitrogens is 3. The average Bonchev–Trinajstić information content (AvgIpc) is 3.02. The van der Waals surface area contributed by atoms with Crippen molar-refractivity contribution in [3.63, 3.8) is 0 Å². The van der Waals surface area contributed by atoms with Gasteiger partial charge in [-0.3, -0.25) is 4.79 Å². The maximum atomic E-state index is 11.5. The number of nitrogens with one attached hydrogen (secondary N) is 1. The fourth-order valence-corrected chi connectivity index (χ4v) is 2.04. The smallest absolute Gasteiger partial charge is 0.309 e. The van der Waals surface area contributed by atoms with Crippen molar-refractivity contribution in [2.24, 2.45) is 5.92 Å². The van der Waals surface area contributed by atoms with Crippen LogP contribution in [0.2, 0.25) is 0 Å². The van der Waals surface area contributed by atoms with Crippen LogP contribution >= 0.6 is 0 Å². The molecule has 2 heterocycles. The maximum absolute atomic E-state index is 11.5. The van der Waals surface area contributed by atoms with Gasteiger partial charge in [0.1, 0.15) is 11.3 Å². The molecule has 1 aliphatic carbocycles. The van der Waals surface area contributed by atoms with Gasteiger partial charge in [0.15, 0.2) is 5.65 Å². The lowest BCUT2D eigenvalue weighted by Crippen LogP contribution is -2.07. The SMILES string of the molecule is CCOC(=O)C1CC1c1nc2cccnc2[nH]1. The third-order valence-electron chi connectivity index (χ3n) is 3.00. The number of nitrogens with zero attached hydrogens (tertiary/aromatic N) is 2. The summed E-state index contributed by atoms with van der Waals surface area (Å²) in [5.74, 6) is 0.862. The summed E-state index contributed by atoms with van der Waals surface area (Å²) in [4.78, 5) is 23.3. The molecule has 0 aliphatic heterocycles. The Balaban J connectivity index is 1.80. The molecule has 2 aromatic heterocycles. The van der Waals surface area contributed by atoms with Crippen LogP contribution in [0.25, 0.3) is 11.2 Å². The van der Waals surface area contributed by atoms with Crippen molar-refractivity contribution in [3.05, 3.63) is 24.2 Å². The molecule has 17 heavy (non-hydrogen) atoms. The highest BCUT2D eigenvalue weighted by Gasteiger charge is 2.47. The Labute approximate surface area is 98.2 Å². The van der Waals surface area contributed by atoms with Crippen molar-refractivity contribution in [3.8, 4) is 0 Å². The molecule has 3 rings (SSSR count). The van der Waals surface area contributed by atoms with E-state index in [4.69, 9.17) is 4.74 Å². The zero-order chi connectivity index (χ0) is 11.8. The van der Waals surface area contributed by atoms with Crippen molar-refractivity contribution < 1.29 is 9.53 Å². The third-order valence-corrected chi connectivity index (χ3v) is 3.00. The van der Waals surface area contributed by atoms with E-state index >= 15 is 0 Å². The van der Waals surface area contributed by atoms with E-state index in [0.29, 0.717) is 6.61 Å². The lowest BCUT2D eigenvalue weighted by molar-refractivity contribution is -0.144. The number of H-pyrrole nitrogens is 1. The molecule has 1 fully saturated rings. The Morgan fingerprint density at radius 2 is 2.53 bits per heavy atom. The number of hydrogen-bond donors (Lipinski definition) is 1. The van der Waals surface area contributed by atoms with Crippen molar-refractivity contribution in [2.75, 3.05) is 6.61 Å². The van der Waals surface area contributed by atoms with Gasteiger partial charge in [0, 0.05) is 12.1 Å². The summed E-state index contributed by atoms with van der Waals surface area (Å²) in [5, 5.41) is 0. The molecule has 1 N–H and O–H groups in total. The standard InChI is InChI=1S/C12H13N3O2/c1-2-17-12(16)8-6-7(8)10-14-9-4-3-5-13-11(9)15-10/h3-5,7-8H,2,6H2,1H3,(H,13,14,15). The van der Waals surface area contributed by atoms with Crippen LogP contribution in [0.15, 0.2) is 18.3 Å². The summed E-state index contributed by atoms with van der Waals surface area (Å²) in [6.07, 6.45) is 2.54. The number of aromatic amines is 1. The van der Waals surface area contributed by atoms with Gasteiger partial charge >= 0.3 is 5.97 Å². The van der Waals surface area contributed by atoms with Crippen LogP contribution in [0.3, 0.4) is 0 Å². The maximum Gasteiger partial charge on any atom is 0.309 e. The van der Waals surface area contributed by atoms with Gasteiger partial charge in [-0.1, -0.05) is 0 Å². The largest absolute Gasteiger partial charge is 0.466 e. The van der Waals surface area contributed by atoms with Crippen LogP contribution in [-0.2, 0) is 9.53 Å². The van der Waals surface area contributed by atoms with Crippen molar-refractivity contribution in [1.29, 1.82) is 0 Å². The highest BCUT2D eigenvalue weighted by Crippen LogP contribution is 2.47. The minimum atomic E-state index is -0.120. The number of pyridine rings is 1. The fourth-order valence-electron chi connectivity index (χ4n) is 2.04. The number of hydrogen-bond acceptors (Lipinski definition) is 4. The van der Waals surface area contributed by atoms with Gasteiger partial charge in [-0.05, 0) is 25.5 Å². The van der Waals surface area contributed by atoms with Gasteiger partial charge in [0.25, 0.3) is 0 Å². The first kappa shape index (κ1) is 10.3. The van der Waals surface area contributed by atoms with E-state index < -0.39 is 0 Å². The van der Waals surface area contributed by atoms with Gasteiger partial charge < -0.3 is 9.72 Å². The second kappa shape index (κ2) is 3.84. The van der Waals surface area contributed by atoms with Crippen LogP contribution in [0.1, 0.15) is 25.1 Å². The van der Waals surface area contributed by atoms with E-state index in [1.807, 2.05) is 19.1 Å². The van der Waals surface area contributed by atoms with Crippen LogP contribution in [0.4, 0.5) is 0 Å². The molecule has 88 valence electrons. The minimum Gasteiger partial charge on any atom is -0.466 e. The molecule has 2 atom stereocenters. The highest BCUT2D eigenvalue weighted by atomic mass is 16.5. The first-order chi connectivity index (χ1) is 8.29. The molecule has 2 aromatic rings. The van der Waals surface area contributed by atoms with Crippen molar-refractivity contribution in [2.45, 2.75) is 19.3 Å². The molecule has 0 aromatic carbocycles. The van der Waals surface area contributed by atoms with E-state index in [1.54, 1.807) is 6.20 Å². The number of ether oxygens (including phenoxy) is 1. The van der Waals surface area contributed by atoms with Crippen LogP contribution in [0.5, 0.6) is 0 Å². The molecule has 0 amide bonds. The first-order valence-corrected chi connectivity index (χ1v) is 5.77. The predicted molar refractivity (Wildman–Crippen MR) is 61.4 cm³/mol. The van der Waals surface area contributed by atoms with E-state index in [0.717, 1.165) is 23.4 Å². The van der Waals surface area contributed by atoms with Crippen LogP contribution < -0.4 is 0 Å². The summed E-state index contributed by atoms with van der Waals surface area (Å²) in [6.45, 7) is 2.25. The van der Waals surface area contributed by atoms with Crippen molar-refractivity contribution >= 4 is 17.1 Å². The van der Waals surface area contributed by atoms with Gasteiger partial charge in [-0.15, -0.1) is 0 Å². The zero-order valence-electron chi connectivity index (χ0n) is 9.51. The summed E-state index contributed by atoms with van der Waals surface area (Å²) in [5.41, 5.74) is 1.62. The molecule has 0 spiro atoms. The minimum absolute atomic E-state index is 0.0319. The number of carbonyl (C=O) groups excluding carboxylic acids is 1. The van der Waals surface area contributed by atoms with Crippen molar-refractivity contribution in [1.82, 2.24) is 15.0 Å². The zero-order valence-corrected chi connectivity index (χ0v) is 9.51. The Bertz CT molecular complexity index is 531. The average molecular weight is 231 g/mol. The molecular weight excluding hydrogens is 218 g/mol. The summed E-state index contributed by atoms with van der Waals surface area (Å²) < 4.78 is 5.00. The lowest BCUT2D eigenvalue weighted by atomic mass is 10.3. The van der Waals surface area contributed by atoms with Crippen LogP contribution in [0, 0.1) is 5.92 Å². The number of carbonyl (C=O) groups is 1. The molecule has 2 unspecified atom stereocenters. The van der Waals surface area contributed by atoms with Crippen LogP contribution in [-0.4, -0.2) is 27.5 Å². The lowest BCUT2D eigenvalue weighted by Gasteiger charge is -1.98. The van der Waals surface area contributed by atoms with E-state index in [-0.39, 0.29) is 17.8 Å². The predicted octanol–water partition coefficient (Wildman–Crippen LogP) is 1.62. The van der Waals surface area contributed by atoms with Gasteiger partial charge in [-0.2, -0.15) is 0 Å². The number of esters is 1. The molecule has 5 nitrogen and oxygen atoms in total. The van der Waals surface area contributed by atoms with E-state index in [2.05, 4.69) is 15.0 Å². The van der Waals surface area contributed by atoms with E-state index in [9.17, 15) is 4.79 Å². The Kier molecular flexibility index (Phi) is 2.31. The number of rotatable bonds is 3. The number of imidazole rings is 1. The Morgan fingerprint density at radius 3 is 3.29 bits per heavy atom. The third kappa shape index (κ3) is 1.77. The molecule has 1 aliphatic rings. The molecule has 0 saturated heterocycles. The molecule has 5 heteroatoms. The Hall–Kier alpha value is -1.91. The normalized spacial score (nSPS) is 22.6. The fraction of sp³-hybridized carbons (Fsp3) is 0.417. The number of fused-ring (bicyclic) bond motifs is 1. The van der Waals surface area contributed by atoms with Gasteiger partial charge in [-0.25, -0.2) is 9.97 Å². The first-order valence-electron chi connectivity index (χ1n) is 5.77. The molecule has 1 saturated carbocycles. The van der Waals surface area contributed by atoms with Gasteiger partial charge in [0.2, 0.25) is 0 Å².